The number of hydrogen-bond acceptors (Lipinski definition) is 3. The Labute approximate surface area is 106 Å². The molecule has 0 spiro atoms. The van der Waals surface area contributed by atoms with E-state index in [9.17, 15) is 9.00 Å². The highest BCUT2D eigenvalue weighted by molar-refractivity contribution is 7.87. The summed E-state index contributed by atoms with van der Waals surface area (Å²) in [6.45, 7) is 2.22. The standard InChI is InChI=1S/C13H22O3S/c1-9-4-3-5-11(8-9)17(15)12(10-6-7-10)13(14)16-2/h9-12H,3-8H2,1-2H3. The predicted molar refractivity (Wildman–Crippen MR) is 68.1 cm³/mol. The predicted octanol–water partition coefficient (Wildman–Crippen LogP) is 2.27. The third kappa shape index (κ3) is 3.09. The number of esters is 1. The number of ether oxygens (including phenoxy) is 1. The van der Waals surface area contributed by atoms with Crippen LogP contribution in [-0.4, -0.2) is 27.8 Å². The van der Waals surface area contributed by atoms with Crippen LogP contribution in [0.15, 0.2) is 0 Å². The largest absolute Gasteiger partial charge is 0.468 e. The van der Waals surface area contributed by atoms with E-state index in [1.165, 1.54) is 13.5 Å². The van der Waals surface area contributed by atoms with Gasteiger partial charge in [-0.15, -0.1) is 0 Å². The van der Waals surface area contributed by atoms with Crippen molar-refractivity contribution >= 4 is 16.8 Å². The lowest BCUT2D eigenvalue weighted by Gasteiger charge is -2.28. The second kappa shape index (κ2) is 5.51. The van der Waals surface area contributed by atoms with Crippen LogP contribution in [0.5, 0.6) is 0 Å². The lowest BCUT2D eigenvalue weighted by Crippen LogP contribution is -2.37. The van der Waals surface area contributed by atoms with Gasteiger partial charge in [0.25, 0.3) is 0 Å². The summed E-state index contributed by atoms with van der Waals surface area (Å²) < 4.78 is 17.4. The summed E-state index contributed by atoms with van der Waals surface area (Å²) in [6.07, 6.45) is 6.47. The van der Waals surface area contributed by atoms with Crippen LogP contribution in [0.2, 0.25) is 0 Å². The van der Waals surface area contributed by atoms with Gasteiger partial charge >= 0.3 is 5.97 Å². The van der Waals surface area contributed by atoms with Crippen molar-refractivity contribution in [1.29, 1.82) is 0 Å². The quantitative estimate of drug-likeness (QED) is 0.727. The normalized spacial score (nSPS) is 32.8. The van der Waals surface area contributed by atoms with Crippen molar-refractivity contribution in [1.82, 2.24) is 0 Å². The van der Waals surface area contributed by atoms with Gasteiger partial charge in [-0.2, -0.15) is 0 Å². The van der Waals surface area contributed by atoms with E-state index in [0.717, 1.165) is 32.1 Å². The van der Waals surface area contributed by atoms with Crippen LogP contribution in [0.4, 0.5) is 0 Å². The monoisotopic (exact) mass is 258 g/mol. The molecule has 0 amide bonds. The van der Waals surface area contributed by atoms with Crippen molar-refractivity contribution in [2.75, 3.05) is 7.11 Å². The molecule has 4 atom stereocenters. The zero-order valence-electron chi connectivity index (χ0n) is 10.7. The minimum absolute atomic E-state index is 0.212. The fourth-order valence-electron chi connectivity index (χ4n) is 2.79. The van der Waals surface area contributed by atoms with Gasteiger partial charge in [-0.1, -0.05) is 19.8 Å². The summed E-state index contributed by atoms with van der Waals surface area (Å²) in [6, 6.07) is 0. The Morgan fingerprint density at radius 2 is 2.00 bits per heavy atom. The van der Waals surface area contributed by atoms with Crippen LogP contribution in [-0.2, 0) is 20.3 Å². The van der Waals surface area contributed by atoms with E-state index < -0.39 is 10.8 Å². The molecule has 0 aliphatic heterocycles. The van der Waals surface area contributed by atoms with Crippen molar-refractivity contribution in [2.24, 2.45) is 11.8 Å². The molecule has 98 valence electrons. The van der Waals surface area contributed by atoms with Crippen LogP contribution < -0.4 is 0 Å². The van der Waals surface area contributed by atoms with Crippen molar-refractivity contribution in [3.63, 3.8) is 0 Å². The first-order valence-corrected chi connectivity index (χ1v) is 7.88. The van der Waals surface area contributed by atoms with Gasteiger partial charge in [0, 0.05) is 16.0 Å². The van der Waals surface area contributed by atoms with Crippen LogP contribution in [0.3, 0.4) is 0 Å². The lowest BCUT2D eigenvalue weighted by atomic mass is 9.91. The first-order valence-electron chi connectivity index (χ1n) is 6.60. The molecule has 2 aliphatic rings. The van der Waals surface area contributed by atoms with Gasteiger partial charge in [0.15, 0.2) is 0 Å². The van der Waals surface area contributed by atoms with Gasteiger partial charge < -0.3 is 4.74 Å². The zero-order chi connectivity index (χ0) is 12.4. The van der Waals surface area contributed by atoms with E-state index >= 15 is 0 Å². The second-order valence-electron chi connectivity index (χ2n) is 5.50. The van der Waals surface area contributed by atoms with E-state index in [2.05, 4.69) is 6.92 Å². The molecule has 3 nitrogen and oxygen atoms in total. The van der Waals surface area contributed by atoms with Gasteiger partial charge in [0.1, 0.15) is 5.25 Å². The van der Waals surface area contributed by atoms with Crippen molar-refractivity contribution < 1.29 is 13.7 Å². The van der Waals surface area contributed by atoms with E-state index in [1.807, 2.05) is 0 Å². The highest BCUT2D eigenvalue weighted by Crippen LogP contribution is 2.39. The summed E-state index contributed by atoms with van der Waals surface area (Å²) in [7, 11) is 0.364. The highest BCUT2D eigenvalue weighted by Gasteiger charge is 2.43. The first-order chi connectivity index (χ1) is 8.13. The van der Waals surface area contributed by atoms with Gasteiger partial charge in [-0.25, -0.2) is 0 Å². The van der Waals surface area contributed by atoms with Gasteiger partial charge in [-0.3, -0.25) is 9.00 Å². The Kier molecular flexibility index (Phi) is 4.23. The summed E-state index contributed by atoms with van der Waals surface area (Å²) >= 11 is 0. The summed E-state index contributed by atoms with van der Waals surface area (Å²) in [4.78, 5) is 11.7. The summed E-state index contributed by atoms with van der Waals surface area (Å²) in [5, 5.41) is -0.140. The minimum Gasteiger partial charge on any atom is -0.468 e. The van der Waals surface area contributed by atoms with Gasteiger partial charge in [0.2, 0.25) is 0 Å². The number of rotatable bonds is 4. The molecule has 4 unspecified atom stereocenters. The molecular formula is C13H22O3S. The molecule has 0 radical (unpaired) electrons. The Morgan fingerprint density at radius 1 is 1.29 bits per heavy atom. The van der Waals surface area contributed by atoms with E-state index in [0.29, 0.717) is 11.8 Å². The number of carbonyl (C=O) groups is 1. The Balaban J connectivity index is 2.02. The van der Waals surface area contributed by atoms with E-state index in [-0.39, 0.29) is 16.5 Å². The van der Waals surface area contributed by atoms with Crippen LogP contribution >= 0.6 is 0 Å². The van der Waals surface area contributed by atoms with Crippen molar-refractivity contribution in [3.8, 4) is 0 Å². The van der Waals surface area contributed by atoms with Gasteiger partial charge in [-0.05, 0) is 37.5 Å². The Morgan fingerprint density at radius 3 is 2.53 bits per heavy atom. The molecular weight excluding hydrogens is 236 g/mol. The molecule has 0 heterocycles. The molecule has 2 aliphatic carbocycles. The van der Waals surface area contributed by atoms with E-state index in [1.54, 1.807) is 0 Å². The first kappa shape index (κ1) is 13.1. The zero-order valence-corrected chi connectivity index (χ0v) is 11.5. The molecule has 17 heavy (non-hydrogen) atoms. The van der Waals surface area contributed by atoms with Crippen molar-refractivity contribution in [3.05, 3.63) is 0 Å². The SMILES string of the molecule is COC(=O)C(C1CC1)S(=O)C1CCCC(C)C1. The van der Waals surface area contributed by atoms with Crippen LogP contribution in [0.25, 0.3) is 0 Å². The molecule has 2 rings (SSSR count). The molecule has 0 saturated heterocycles. The fourth-order valence-corrected chi connectivity index (χ4v) is 5.06. The molecule has 0 aromatic heterocycles. The molecule has 0 aromatic carbocycles. The lowest BCUT2D eigenvalue weighted by molar-refractivity contribution is -0.140. The maximum atomic E-state index is 12.5. The average Bonchev–Trinajstić information content (AvgIpc) is 3.13. The smallest absolute Gasteiger partial charge is 0.321 e. The number of carbonyl (C=O) groups excluding carboxylic acids is 1. The third-order valence-corrected chi connectivity index (χ3v) is 6.11. The Bertz CT molecular complexity index is 312. The van der Waals surface area contributed by atoms with Crippen molar-refractivity contribution in [2.45, 2.75) is 55.9 Å². The third-order valence-electron chi connectivity index (χ3n) is 3.95. The topological polar surface area (TPSA) is 43.4 Å². The van der Waals surface area contributed by atoms with E-state index in [4.69, 9.17) is 4.74 Å². The molecule has 2 fully saturated rings. The highest BCUT2D eigenvalue weighted by atomic mass is 32.2. The summed E-state index contributed by atoms with van der Waals surface area (Å²) in [5.74, 6) is 0.708. The van der Waals surface area contributed by atoms with Crippen LogP contribution in [0, 0.1) is 11.8 Å². The molecule has 0 bridgehead atoms. The summed E-state index contributed by atoms with van der Waals surface area (Å²) in [5.41, 5.74) is 0. The Hall–Kier alpha value is -0.380. The number of methoxy groups -OCH3 is 1. The molecule has 0 N–H and O–H groups in total. The molecule has 2 saturated carbocycles. The average molecular weight is 258 g/mol. The maximum absolute atomic E-state index is 12.5. The second-order valence-corrected chi connectivity index (χ2v) is 7.34. The maximum Gasteiger partial charge on any atom is 0.321 e. The fraction of sp³-hybridized carbons (Fsp3) is 0.923. The van der Waals surface area contributed by atoms with Crippen LogP contribution in [0.1, 0.15) is 45.4 Å². The molecule has 4 heteroatoms. The molecule has 0 aromatic rings. The number of hydrogen-bond donors (Lipinski definition) is 0. The minimum atomic E-state index is -1.04. The van der Waals surface area contributed by atoms with Gasteiger partial charge in [0.05, 0.1) is 7.11 Å².